The highest BCUT2D eigenvalue weighted by molar-refractivity contribution is 9.09. The van der Waals surface area contributed by atoms with E-state index in [-0.39, 0.29) is 5.41 Å². The topological polar surface area (TPSA) is 9.23 Å². The molecule has 1 nitrogen and oxygen atoms in total. The summed E-state index contributed by atoms with van der Waals surface area (Å²) in [6, 6.07) is 8.93. The van der Waals surface area contributed by atoms with Gasteiger partial charge in [0.25, 0.3) is 0 Å². The average molecular weight is 311 g/mol. The zero-order valence-corrected chi connectivity index (χ0v) is 13.0. The second-order valence-corrected chi connectivity index (χ2v) is 6.15. The minimum absolute atomic E-state index is 0.281. The summed E-state index contributed by atoms with van der Waals surface area (Å²) in [5, 5.41) is 1.04. The number of hydrogen-bond donors (Lipinski definition) is 0. The van der Waals surface area contributed by atoms with Gasteiger partial charge in [0, 0.05) is 17.4 Å². The Balaban J connectivity index is 2.17. The van der Waals surface area contributed by atoms with Crippen molar-refractivity contribution in [3.8, 4) is 0 Å². The summed E-state index contributed by atoms with van der Waals surface area (Å²) >= 11 is 3.75. The van der Waals surface area contributed by atoms with Crippen molar-refractivity contribution in [2.45, 2.75) is 51.0 Å². The molecule has 1 aliphatic rings. The number of benzene rings is 1. The molecule has 100 valence electrons. The van der Waals surface area contributed by atoms with Crippen molar-refractivity contribution < 1.29 is 4.74 Å². The van der Waals surface area contributed by atoms with Crippen LogP contribution < -0.4 is 0 Å². The van der Waals surface area contributed by atoms with Gasteiger partial charge in [-0.1, -0.05) is 40.2 Å². The smallest absolute Gasteiger partial charge is 0.0518 e. The SMILES string of the molecule is CC(C)OCCC1(CBr)CCCc2ccccc21. The lowest BCUT2D eigenvalue weighted by molar-refractivity contribution is 0.0642. The number of ether oxygens (including phenoxy) is 1. The van der Waals surface area contributed by atoms with Gasteiger partial charge in [0.05, 0.1) is 6.10 Å². The average Bonchev–Trinajstić information content (AvgIpc) is 2.38. The minimum atomic E-state index is 0.281. The zero-order valence-electron chi connectivity index (χ0n) is 11.4. The fourth-order valence-electron chi connectivity index (χ4n) is 2.96. The van der Waals surface area contributed by atoms with Gasteiger partial charge in [-0.2, -0.15) is 0 Å². The quantitative estimate of drug-likeness (QED) is 0.729. The number of fused-ring (bicyclic) bond motifs is 1. The molecule has 0 saturated heterocycles. The van der Waals surface area contributed by atoms with E-state index in [9.17, 15) is 0 Å². The Kier molecular flexibility index (Phi) is 4.85. The summed E-state index contributed by atoms with van der Waals surface area (Å²) in [6.45, 7) is 5.07. The lowest BCUT2D eigenvalue weighted by Gasteiger charge is -2.38. The second-order valence-electron chi connectivity index (χ2n) is 5.59. The Morgan fingerprint density at radius 1 is 1.33 bits per heavy atom. The van der Waals surface area contributed by atoms with Crippen molar-refractivity contribution in [2.24, 2.45) is 0 Å². The summed E-state index contributed by atoms with van der Waals surface area (Å²) in [6.07, 6.45) is 5.25. The lowest BCUT2D eigenvalue weighted by atomic mass is 9.69. The van der Waals surface area contributed by atoms with Crippen molar-refractivity contribution >= 4 is 15.9 Å². The Morgan fingerprint density at radius 2 is 2.11 bits per heavy atom. The molecule has 0 aromatic heterocycles. The third-order valence-corrected chi connectivity index (χ3v) is 5.05. The molecule has 1 aromatic carbocycles. The van der Waals surface area contributed by atoms with Crippen molar-refractivity contribution in [3.05, 3.63) is 35.4 Å². The van der Waals surface area contributed by atoms with E-state index in [1.54, 1.807) is 5.56 Å². The lowest BCUT2D eigenvalue weighted by Crippen LogP contribution is -2.34. The van der Waals surface area contributed by atoms with Gasteiger partial charge in [-0.25, -0.2) is 0 Å². The fraction of sp³-hybridized carbons (Fsp3) is 0.625. The maximum Gasteiger partial charge on any atom is 0.0518 e. The predicted molar refractivity (Wildman–Crippen MR) is 80.6 cm³/mol. The molecule has 0 spiro atoms. The van der Waals surface area contributed by atoms with Gasteiger partial charge >= 0.3 is 0 Å². The molecule has 1 aromatic rings. The van der Waals surface area contributed by atoms with Crippen LogP contribution in [0.3, 0.4) is 0 Å². The first-order valence-corrected chi connectivity index (χ1v) is 8.06. The number of halogens is 1. The number of aryl methyl sites for hydroxylation is 1. The van der Waals surface area contributed by atoms with Crippen LogP contribution in [0.2, 0.25) is 0 Å². The molecule has 0 bridgehead atoms. The van der Waals surface area contributed by atoms with Crippen LogP contribution >= 0.6 is 15.9 Å². The van der Waals surface area contributed by atoms with E-state index in [1.165, 1.54) is 24.8 Å². The van der Waals surface area contributed by atoms with Crippen molar-refractivity contribution in [3.63, 3.8) is 0 Å². The third-order valence-electron chi connectivity index (χ3n) is 3.98. The molecule has 0 saturated carbocycles. The van der Waals surface area contributed by atoms with Gasteiger partial charge in [0.15, 0.2) is 0 Å². The van der Waals surface area contributed by atoms with Crippen molar-refractivity contribution in [2.75, 3.05) is 11.9 Å². The van der Waals surface area contributed by atoms with E-state index in [1.807, 2.05) is 0 Å². The van der Waals surface area contributed by atoms with Gasteiger partial charge in [-0.05, 0) is 50.7 Å². The fourth-order valence-corrected chi connectivity index (χ4v) is 3.83. The normalized spacial score (nSPS) is 23.1. The largest absolute Gasteiger partial charge is 0.379 e. The highest BCUT2D eigenvalue weighted by Gasteiger charge is 2.35. The van der Waals surface area contributed by atoms with Gasteiger partial charge < -0.3 is 4.74 Å². The van der Waals surface area contributed by atoms with E-state index in [0.29, 0.717) is 6.10 Å². The van der Waals surface area contributed by atoms with E-state index in [4.69, 9.17) is 4.74 Å². The molecule has 0 radical (unpaired) electrons. The third kappa shape index (κ3) is 2.97. The van der Waals surface area contributed by atoms with Crippen LogP contribution in [0.25, 0.3) is 0 Å². The summed E-state index contributed by atoms with van der Waals surface area (Å²) < 4.78 is 5.77. The highest BCUT2D eigenvalue weighted by Crippen LogP contribution is 2.41. The molecule has 18 heavy (non-hydrogen) atoms. The number of hydrogen-bond acceptors (Lipinski definition) is 1. The first-order chi connectivity index (χ1) is 8.68. The molecule has 1 aliphatic carbocycles. The van der Waals surface area contributed by atoms with Crippen LogP contribution in [-0.4, -0.2) is 18.0 Å². The van der Waals surface area contributed by atoms with Crippen LogP contribution in [0.4, 0.5) is 0 Å². The Hall–Kier alpha value is -0.340. The van der Waals surface area contributed by atoms with Crippen LogP contribution in [-0.2, 0) is 16.6 Å². The molecule has 2 rings (SSSR count). The van der Waals surface area contributed by atoms with Gasteiger partial charge in [-0.15, -0.1) is 0 Å². The predicted octanol–water partition coefficient (Wildman–Crippen LogP) is 4.47. The first kappa shape index (κ1) is 14.1. The van der Waals surface area contributed by atoms with Crippen LogP contribution in [0.5, 0.6) is 0 Å². The number of rotatable bonds is 5. The first-order valence-electron chi connectivity index (χ1n) is 6.94. The monoisotopic (exact) mass is 310 g/mol. The standard InChI is InChI=1S/C16H23BrO/c1-13(2)18-11-10-16(12-17)9-5-7-14-6-3-4-8-15(14)16/h3-4,6,8,13H,5,7,9-12H2,1-2H3. The van der Waals surface area contributed by atoms with Crippen molar-refractivity contribution in [1.82, 2.24) is 0 Å². The van der Waals surface area contributed by atoms with Gasteiger partial charge in [0.1, 0.15) is 0 Å². The molecule has 0 N–H and O–H groups in total. The van der Waals surface area contributed by atoms with E-state index in [0.717, 1.165) is 18.4 Å². The minimum Gasteiger partial charge on any atom is -0.379 e. The summed E-state index contributed by atoms with van der Waals surface area (Å²) in [4.78, 5) is 0. The maximum absolute atomic E-state index is 5.77. The maximum atomic E-state index is 5.77. The van der Waals surface area contributed by atoms with Gasteiger partial charge in [-0.3, -0.25) is 0 Å². The molecule has 2 heteroatoms. The van der Waals surface area contributed by atoms with Crippen molar-refractivity contribution in [1.29, 1.82) is 0 Å². The van der Waals surface area contributed by atoms with Crippen LogP contribution in [0.1, 0.15) is 44.2 Å². The summed E-state index contributed by atoms with van der Waals surface area (Å²) in [7, 11) is 0. The van der Waals surface area contributed by atoms with E-state index < -0.39 is 0 Å². The van der Waals surface area contributed by atoms with E-state index in [2.05, 4.69) is 54.0 Å². The van der Waals surface area contributed by atoms with Crippen LogP contribution in [0, 0.1) is 0 Å². The van der Waals surface area contributed by atoms with E-state index >= 15 is 0 Å². The molecular formula is C16H23BrO. The summed E-state index contributed by atoms with van der Waals surface area (Å²) in [5.74, 6) is 0. The zero-order chi connectivity index (χ0) is 13.0. The summed E-state index contributed by atoms with van der Waals surface area (Å²) in [5.41, 5.74) is 3.36. The second kappa shape index (κ2) is 6.21. The number of alkyl halides is 1. The van der Waals surface area contributed by atoms with Crippen LogP contribution in [0.15, 0.2) is 24.3 Å². The Morgan fingerprint density at radius 3 is 2.83 bits per heavy atom. The molecule has 0 heterocycles. The molecular weight excluding hydrogens is 288 g/mol. The Labute approximate surface area is 119 Å². The Bertz CT molecular complexity index is 388. The molecule has 0 aliphatic heterocycles. The van der Waals surface area contributed by atoms with Gasteiger partial charge in [0.2, 0.25) is 0 Å². The molecule has 0 fully saturated rings. The molecule has 1 atom stereocenters. The highest BCUT2D eigenvalue weighted by atomic mass is 79.9. The molecule has 1 unspecified atom stereocenters. The molecule has 0 amide bonds.